The van der Waals surface area contributed by atoms with Crippen LogP contribution < -0.4 is 0 Å². The number of hydrogen-bond donors (Lipinski definition) is 0. The second kappa shape index (κ2) is 7.62. The second-order valence-corrected chi connectivity index (χ2v) is 10.7. The van der Waals surface area contributed by atoms with Crippen molar-refractivity contribution in [2.24, 2.45) is 5.41 Å². The first kappa shape index (κ1) is 19.1. The predicted octanol–water partition coefficient (Wildman–Crippen LogP) is 3.38. The van der Waals surface area contributed by atoms with E-state index >= 15 is 0 Å². The summed E-state index contributed by atoms with van der Waals surface area (Å²) >= 11 is 1.69. The lowest BCUT2D eigenvalue weighted by molar-refractivity contribution is 0.0934. The molecule has 3 heterocycles. The lowest BCUT2D eigenvalue weighted by atomic mass is 9.79. The van der Waals surface area contributed by atoms with E-state index in [-0.39, 0.29) is 5.41 Å². The Kier molecular flexibility index (Phi) is 5.38. The third kappa shape index (κ3) is 3.97. The van der Waals surface area contributed by atoms with Gasteiger partial charge < -0.3 is 0 Å². The van der Waals surface area contributed by atoms with E-state index in [4.69, 9.17) is 0 Å². The second-order valence-electron chi connectivity index (χ2n) is 7.83. The molecule has 2 fully saturated rings. The normalized spacial score (nSPS) is 24.6. The van der Waals surface area contributed by atoms with Crippen LogP contribution >= 0.6 is 11.3 Å². The molecule has 4 rings (SSSR count). The van der Waals surface area contributed by atoms with E-state index < -0.39 is 10.0 Å². The van der Waals surface area contributed by atoms with Gasteiger partial charge in [0, 0.05) is 31.2 Å². The molecular formula is C20H27N3O2S2. The molecule has 5 nitrogen and oxygen atoms in total. The van der Waals surface area contributed by atoms with Gasteiger partial charge in [0.15, 0.2) is 0 Å². The monoisotopic (exact) mass is 405 g/mol. The Labute approximate surface area is 166 Å². The van der Waals surface area contributed by atoms with E-state index in [0.717, 1.165) is 55.9 Å². The van der Waals surface area contributed by atoms with Crippen molar-refractivity contribution >= 4 is 21.4 Å². The Bertz CT molecular complexity index is 865. The maximum Gasteiger partial charge on any atom is 0.243 e. The average molecular weight is 406 g/mol. The molecule has 1 aromatic carbocycles. The Hall–Kier alpha value is -1.28. The SMILES string of the molecule is CCc1ccc(S(=O)(=O)N2CC[C@]3(CCCN(Cc4nccs4)C3)C2)cc1. The maximum absolute atomic E-state index is 13.1. The van der Waals surface area contributed by atoms with Crippen molar-refractivity contribution < 1.29 is 8.42 Å². The van der Waals surface area contributed by atoms with Gasteiger partial charge in [-0.2, -0.15) is 4.31 Å². The number of benzene rings is 1. The molecule has 0 bridgehead atoms. The van der Waals surface area contributed by atoms with Crippen LogP contribution in [0.5, 0.6) is 0 Å². The summed E-state index contributed by atoms with van der Waals surface area (Å²) in [5, 5.41) is 3.16. The standard InChI is InChI=1S/C20H27N3O2S2/c1-2-17-4-6-18(7-5-17)27(24,25)23-12-9-20(16-23)8-3-11-22(15-20)14-19-21-10-13-26-19/h4-7,10,13H,2-3,8-9,11-12,14-16H2,1H3/t20-/m0/s1. The smallest absolute Gasteiger partial charge is 0.243 e. The molecule has 1 atom stereocenters. The zero-order valence-corrected chi connectivity index (χ0v) is 17.4. The van der Waals surface area contributed by atoms with Crippen LogP contribution in [0.25, 0.3) is 0 Å². The molecule has 7 heteroatoms. The van der Waals surface area contributed by atoms with Gasteiger partial charge in [-0.3, -0.25) is 4.90 Å². The van der Waals surface area contributed by atoms with E-state index in [9.17, 15) is 8.42 Å². The highest BCUT2D eigenvalue weighted by atomic mass is 32.2. The summed E-state index contributed by atoms with van der Waals surface area (Å²) in [5.74, 6) is 0. The summed E-state index contributed by atoms with van der Waals surface area (Å²) in [6.45, 7) is 6.26. The largest absolute Gasteiger partial charge is 0.296 e. The number of piperidine rings is 1. The number of hydrogen-bond acceptors (Lipinski definition) is 5. The zero-order chi connectivity index (χ0) is 18.9. The molecule has 1 aromatic heterocycles. The Morgan fingerprint density at radius 1 is 1.15 bits per heavy atom. The first-order valence-corrected chi connectivity index (χ1v) is 12.0. The first-order valence-electron chi connectivity index (χ1n) is 9.71. The van der Waals surface area contributed by atoms with E-state index in [2.05, 4.69) is 16.8 Å². The summed E-state index contributed by atoms with van der Waals surface area (Å²) in [4.78, 5) is 7.28. The number of likely N-dealkylation sites (tertiary alicyclic amines) is 1. The minimum atomic E-state index is -3.40. The van der Waals surface area contributed by atoms with Crippen LogP contribution in [0, 0.1) is 5.41 Å². The minimum Gasteiger partial charge on any atom is -0.296 e. The maximum atomic E-state index is 13.1. The van der Waals surface area contributed by atoms with Gasteiger partial charge in [0.1, 0.15) is 5.01 Å². The molecule has 1 spiro atoms. The predicted molar refractivity (Wildman–Crippen MR) is 108 cm³/mol. The Morgan fingerprint density at radius 3 is 2.67 bits per heavy atom. The molecule has 2 aliphatic rings. The number of nitrogens with zero attached hydrogens (tertiary/aromatic N) is 3. The fourth-order valence-electron chi connectivity index (χ4n) is 4.45. The third-order valence-corrected chi connectivity index (χ3v) is 8.58. The van der Waals surface area contributed by atoms with Crippen molar-refractivity contribution in [3.63, 3.8) is 0 Å². The highest BCUT2D eigenvalue weighted by molar-refractivity contribution is 7.89. The van der Waals surface area contributed by atoms with Gasteiger partial charge in [-0.15, -0.1) is 11.3 Å². The molecule has 0 saturated carbocycles. The molecule has 0 unspecified atom stereocenters. The summed E-state index contributed by atoms with van der Waals surface area (Å²) in [6.07, 6.45) is 5.97. The molecule has 2 aliphatic heterocycles. The van der Waals surface area contributed by atoms with Gasteiger partial charge in [0.05, 0.1) is 11.4 Å². The van der Waals surface area contributed by atoms with E-state index in [1.807, 2.05) is 23.7 Å². The number of thiazole rings is 1. The topological polar surface area (TPSA) is 53.5 Å². The van der Waals surface area contributed by atoms with Crippen molar-refractivity contribution in [3.05, 3.63) is 46.4 Å². The van der Waals surface area contributed by atoms with Gasteiger partial charge in [0.25, 0.3) is 0 Å². The van der Waals surface area contributed by atoms with Crippen molar-refractivity contribution in [1.29, 1.82) is 0 Å². The number of sulfonamides is 1. The molecular weight excluding hydrogens is 378 g/mol. The molecule has 146 valence electrons. The van der Waals surface area contributed by atoms with E-state index in [1.165, 1.54) is 0 Å². The van der Waals surface area contributed by atoms with Crippen molar-refractivity contribution in [2.75, 3.05) is 26.2 Å². The highest BCUT2D eigenvalue weighted by Crippen LogP contribution is 2.41. The van der Waals surface area contributed by atoms with Gasteiger partial charge in [-0.1, -0.05) is 19.1 Å². The van der Waals surface area contributed by atoms with Gasteiger partial charge in [-0.05, 0) is 55.3 Å². The van der Waals surface area contributed by atoms with Crippen molar-refractivity contribution in [1.82, 2.24) is 14.2 Å². The first-order chi connectivity index (χ1) is 13.0. The van der Waals surface area contributed by atoms with Gasteiger partial charge >= 0.3 is 0 Å². The van der Waals surface area contributed by atoms with Gasteiger partial charge in [-0.25, -0.2) is 13.4 Å². The van der Waals surface area contributed by atoms with Crippen LogP contribution in [0.3, 0.4) is 0 Å². The van der Waals surface area contributed by atoms with Crippen molar-refractivity contribution in [3.8, 4) is 0 Å². The fraction of sp³-hybridized carbons (Fsp3) is 0.550. The zero-order valence-electron chi connectivity index (χ0n) is 15.8. The van der Waals surface area contributed by atoms with Crippen LogP contribution in [-0.2, 0) is 23.0 Å². The highest BCUT2D eigenvalue weighted by Gasteiger charge is 2.45. The van der Waals surface area contributed by atoms with Crippen molar-refractivity contribution in [2.45, 2.75) is 44.0 Å². The Balaban J connectivity index is 1.46. The molecule has 0 aliphatic carbocycles. The summed E-state index contributed by atoms with van der Waals surface area (Å²) in [7, 11) is -3.40. The van der Waals surface area contributed by atoms with Gasteiger partial charge in [0.2, 0.25) is 10.0 Å². The molecule has 0 radical (unpaired) electrons. The average Bonchev–Trinajstić information content (AvgIpc) is 3.33. The van der Waals surface area contributed by atoms with Crippen LogP contribution in [0.4, 0.5) is 0 Å². The Morgan fingerprint density at radius 2 is 1.96 bits per heavy atom. The molecule has 2 saturated heterocycles. The molecule has 2 aromatic rings. The summed E-state index contributed by atoms with van der Waals surface area (Å²) < 4.78 is 27.9. The molecule has 0 amide bonds. The minimum absolute atomic E-state index is 0.0892. The lowest BCUT2D eigenvalue weighted by Crippen LogP contribution is -2.44. The fourth-order valence-corrected chi connectivity index (χ4v) is 6.66. The number of aromatic nitrogens is 1. The number of rotatable bonds is 5. The van der Waals surface area contributed by atoms with Crippen LogP contribution in [0.2, 0.25) is 0 Å². The van der Waals surface area contributed by atoms with E-state index in [0.29, 0.717) is 18.0 Å². The molecule has 0 N–H and O–H groups in total. The summed E-state index contributed by atoms with van der Waals surface area (Å²) in [5.41, 5.74) is 1.25. The molecule has 27 heavy (non-hydrogen) atoms. The summed E-state index contributed by atoms with van der Waals surface area (Å²) in [6, 6.07) is 7.37. The van der Waals surface area contributed by atoms with Crippen LogP contribution in [0.1, 0.15) is 36.8 Å². The van der Waals surface area contributed by atoms with Crippen LogP contribution in [-0.4, -0.2) is 48.8 Å². The lowest BCUT2D eigenvalue weighted by Gasteiger charge is -2.40. The van der Waals surface area contributed by atoms with Crippen LogP contribution in [0.15, 0.2) is 40.7 Å². The quantitative estimate of drug-likeness (QED) is 0.765. The van der Waals surface area contributed by atoms with E-state index in [1.54, 1.807) is 27.8 Å². The third-order valence-electron chi connectivity index (χ3n) is 5.96. The number of aryl methyl sites for hydroxylation is 1.